The van der Waals surface area contributed by atoms with Crippen molar-refractivity contribution in [3.05, 3.63) is 34.4 Å². The Morgan fingerprint density at radius 3 is 2.29 bits per heavy atom. The van der Waals surface area contributed by atoms with Crippen molar-refractivity contribution in [2.75, 3.05) is 31.1 Å². The second-order valence-corrected chi connectivity index (χ2v) is 6.33. The highest BCUT2D eigenvalue weighted by Crippen LogP contribution is 2.22. The Morgan fingerprint density at radius 2 is 1.79 bits per heavy atom. The van der Waals surface area contributed by atoms with Crippen LogP contribution in [0, 0.1) is 16.0 Å². The van der Waals surface area contributed by atoms with Gasteiger partial charge in [-0.1, -0.05) is 26.7 Å². The number of hydrogen-bond acceptors (Lipinski definition) is 4. The van der Waals surface area contributed by atoms with Crippen molar-refractivity contribution in [1.82, 2.24) is 4.90 Å². The number of non-ortho nitro benzene ring substituents is 1. The van der Waals surface area contributed by atoms with Gasteiger partial charge in [-0.25, -0.2) is 0 Å². The van der Waals surface area contributed by atoms with Crippen LogP contribution < -0.4 is 4.90 Å². The molecule has 0 N–H and O–H groups in total. The van der Waals surface area contributed by atoms with Gasteiger partial charge in [0.2, 0.25) is 5.91 Å². The van der Waals surface area contributed by atoms with Gasteiger partial charge in [0.1, 0.15) is 0 Å². The molecule has 2 rings (SSSR count). The standard InChI is InChI=1S/C18H27N3O3/c1-3-5-6-15(4-2)18(22)20-13-11-19(12-14-20)16-7-9-17(10-8-16)21(23)24/h7-10,15H,3-6,11-14H2,1-2H3/t15-/m1/s1. The van der Waals surface area contributed by atoms with E-state index in [1.807, 2.05) is 4.90 Å². The molecule has 0 aromatic heterocycles. The van der Waals surface area contributed by atoms with E-state index in [-0.39, 0.29) is 22.4 Å². The van der Waals surface area contributed by atoms with Crippen molar-refractivity contribution in [2.24, 2.45) is 5.92 Å². The first-order valence-corrected chi connectivity index (χ1v) is 8.85. The summed E-state index contributed by atoms with van der Waals surface area (Å²) >= 11 is 0. The Balaban J connectivity index is 1.90. The lowest BCUT2D eigenvalue weighted by Crippen LogP contribution is -2.50. The predicted molar refractivity (Wildman–Crippen MR) is 95.2 cm³/mol. The maximum absolute atomic E-state index is 12.6. The molecule has 1 aromatic rings. The van der Waals surface area contributed by atoms with E-state index in [1.54, 1.807) is 12.1 Å². The van der Waals surface area contributed by atoms with Gasteiger partial charge in [0.25, 0.3) is 5.69 Å². The maximum atomic E-state index is 12.6. The Hall–Kier alpha value is -2.11. The normalized spacial score (nSPS) is 16.1. The van der Waals surface area contributed by atoms with Crippen LogP contribution in [0.1, 0.15) is 39.5 Å². The minimum absolute atomic E-state index is 0.106. The van der Waals surface area contributed by atoms with Crippen LogP contribution in [-0.2, 0) is 4.79 Å². The minimum Gasteiger partial charge on any atom is -0.368 e. The van der Waals surface area contributed by atoms with Crippen molar-refractivity contribution in [2.45, 2.75) is 39.5 Å². The topological polar surface area (TPSA) is 66.7 Å². The summed E-state index contributed by atoms with van der Waals surface area (Å²) in [5, 5.41) is 10.7. The van der Waals surface area contributed by atoms with E-state index >= 15 is 0 Å². The fourth-order valence-electron chi connectivity index (χ4n) is 3.18. The van der Waals surface area contributed by atoms with Crippen LogP contribution >= 0.6 is 0 Å². The van der Waals surface area contributed by atoms with Gasteiger partial charge in [-0.3, -0.25) is 14.9 Å². The van der Waals surface area contributed by atoms with Gasteiger partial charge >= 0.3 is 0 Å². The Labute approximate surface area is 143 Å². The molecule has 1 amide bonds. The van der Waals surface area contributed by atoms with Crippen LogP contribution in [0.3, 0.4) is 0 Å². The van der Waals surface area contributed by atoms with E-state index < -0.39 is 0 Å². The molecule has 24 heavy (non-hydrogen) atoms. The summed E-state index contributed by atoms with van der Waals surface area (Å²) in [6, 6.07) is 6.63. The number of carbonyl (C=O) groups excluding carboxylic acids is 1. The number of benzene rings is 1. The molecule has 0 spiro atoms. The SMILES string of the molecule is CCCC[C@@H](CC)C(=O)N1CCN(c2ccc([N+](=O)[O-])cc2)CC1. The zero-order chi connectivity index (χ0) is 17.5. The monoisotopic (exact) mass is 333 g/mol. The van der Waals surface area contributed by atoms with Crippen LogP contribution in [0.15, 0.2) is 24.3 Å². The summed E-state index contributed by atoms with van der Waals surface area (Å²) in [7, 11) is 0. The lowest BCUT2D eigenvalue weighted by molar-refractivity contribution is -0.384. The fourth-order valence-corrected chi connectivity index (χ4v) is 3.18. The third-order valence-corrected chi connectivity index (χ3v) is 4.77. The summed E-state index contributed by atoms with van der Waals surface area (Å²) in [6.07, 6.45) is 4.11. The molecule has 0 bridgehead atoms. The zero-order valence-electron chi connectivity index (χ0n) is 14.6. The van der Waals surface area contributed by atoms with Crippen molar-refractivity contribution in [1.29, 1.82) is 0 Å². The summed E-state index contributed by atoms with van der Waals surface area (Å²) in [6.45, 7) is 7.23. The molecule has 1 heterocycles. The average Bonchev–Trinajstić information content (AvgIpc) is 2.62. The Morgan fingerprint density at radius 1 is 1.17 bits per heavy atom. The molecular formula is C18H27N3O3. The summed E-state index contributed by atoms with van der Waals surface area (Å²) < 4.78 is 0. The molecule has 1 aliphatic heterocycles. The Bertz CT molecular complexity index is 551. The highest BCUT2D eigenvalue weighted by atomic mass is 16.6. The molecular weight excluding hydrogens is 306 g/mol. The number of piperazine rings is 1. The predicted octanol–water partition coefficient (Wildman–Crippen LogP) is 3.46. The lowest BCUT2D eigenvalue weighted by atomic mass is 9.97. The summed E-state index contributed by atoms with van der Waals surface area (Å²) in [4.78, 5) is 27.1. The number of carbonyl (C=O) groups is 1. The maximum Gasteiger partial charge on any atom is 0.269 e. The summed E-state index contributed by atoms with van der Waals surface area (Å²) in [5.74, 6) is 0.435. The largest absolute Gasteiger partial charge is 0.368 e. The number of anilines is 1. The van der Waals surface area contributed by atoms with E-state index in [0.717, 1.165) is 57.5 Å². The van der Waals surface area contributed by atoms with Gasteiger partial charge in [-0.15, -0.1) is 0 Å². The molecule has 6 heteroatoms. The first-order valence-electron chi connectivity index (χ1n) is 8.85. The van der Waals surface area contributed by atoms with Crippen LogP contribution in [0.4, 0.5) is 11.4 Å². The smallest absolute Gasteiger partial charge is 0.269 e. The number of rotatable bonds is 7. The quantitative estimate of drug-likeness (QED) is 0.566. The van der Waals surface area contributed by atoms with Gasteiger partial charge in [-0.05, 0) is 25.0 Å². The van der Waals surface area contributed by atoms with Crippen molar-refractivity contribution in [3.8, 4) is 0 Å². The molecule has 6 nitrogen and oxygen atoms in total. The van der Waals surface area contributed by atoms with Crippen molar-refractivity contribution < 1.29 is 9.72 Å². The van der Waals surface area contributed by atoms with Gasteiger partial charge < -0.3 is 9.80 Å². The van der Waals surface area contributed by atoms with Crippen LogP contribution in [-0.4, -0.2) is 41.9 Å². The fraction of sp³-hybridized carbons (Fsp3) is 0.611. The van der Waals surface area contributed by atoms with E-state index in [0.29, 0.717) is 0 Å². The molecule has 0 aliphatic carbocycles. The molecule has 1 saturated heterocycles. The molecule has 0 saturated carbocycles. The molecule has 1 atom stereocenters. The molecule has 1 aliphatic rings. The van der Waals surface area contributed by atoms with Crippen molar-refractivity contribution in [3.63, 3.8) is 0 Å². The molecule has 132 valence electrons. The highest BCUT2D eigenvalue weighted by molar-refractivity contribution is 5.79. The first kappa shape index (κ1) is 18.2. The van der Waals surface area contributed by atoms with E-state index in [1.165, 1.54) is 12.1 Å². The van der Waals surface area contributed by atoms with E-state index in [4.69, 9.17) is 0 Å². The van der Waals surface area contributed by atoms with Crippen molar-refractivity contribution >= 4 is 17.3 Å². The number of hydrogen-bond donors (Lipinski definition) is 0. The molecule has 0 radical (unpaired) electrons. The molecule has 0 unspecified atom stereocenters. The van der Waals surface area contributed by atoms with E-state index in [2.05, 4.69) is 18.7 Å². The third kappa shape index (κ3) is 4.46. The van der Waals surface area contributed by atoms with Crippen LogP contribution in [0.25, 0.3) is 0 Å². The van der Waals surface area contributed by atoms with Crippen LogP contribution in [0.2, 0.25) is 0 Å². The average molecular weight is 333 g/mol. The second kappa shape index (κ2) is 8.66. The first-order chi connectivity index (χ1) is 11.6. The number of unbranched alkanes of at least 4 members (excludes halogenated alkanes) is 1. The Kier molecular flexibility index (Phi) is 6.58. The number of amides is 1. The summed E-state index contributed by atoms with van der Waals surface area (Å²) in [5.41, 5.74) is 1.08. The van der Waals surface area contributed by atoms with E-state index in [9.17, 15) is 14.9 Å². The second-order valence-electron chi connectivity index (χ2n) is 6.33. The van der Waals surface area contributed by atoms with Gasteiger partial charge in [0, 0.05) is 49.9 Å². The molecule has 1 aromatic carbocycles. The number of nitro groups is 1. The third-order valence-electron chi connectivity index (χ3n) is 4.77. The lowest BCUT2D eigenvalue weighted by Gasteiger charge is -2.37. The minimum atomic E-state index is -0.387. The number of nitrogens with zero attached hydrogens (tertiary/aromatic N) is 3. The van der Waals surface area contributed by atoms with Crippen LogP contribution in [0.5, 0.6) is 0 Å². The van der Waals surface area contributed by atoms with Gasteiger partial charge in [0.05, 0.1) is 4.92 Å². The van der Waals surface area contributed by atoms with Gasteiger partial charge in [0.15, 0.2) is 0 Å². The zero-order valence-corrected chi connectivity index (χ0v) is 14.6. The highest BCUT2D eigenvalue weighted by Gasteiger charge is 2.26. The molecule has 1 fully saturated rings. The number of nitro benzene ring substituents is 1. The van der Waals surface area contributed by atoms with Gasteiger partial charge in [-0.2, -0.15) is 0 Å².